The van der Waals surface area contributed by atoms with E-state index in [0.29, 0.717) is 15.9 Å². The lowest BCUT2D eigenvalue weighted by Crippen LogP contribution is -2.38. The van der Waals surface area contributed by atoms with Gasteiger partial charge in [-0.15, -0.1) is 0 Å². The average Bonchev–Trinajstić information content (AvgIpc) is 2.76. The summed E-state index contributed by atoms with van der Waals surface area (Å²) < 4.78 is 1.26. The zero-order chi connectivity index (χ0) is 21.1. The molecule has 0 saturated heterocycles. The molecule has 3 aromatic carbocycles. The predicted octanol–water partition coefficient (Wildman–Crippen LogP) is 3.25. The Bertz CT molecular complexity index is 1310. The van der Waals surface area contributed by atoms with Crippen LogP contribution in [-0.2, 0) is 11.3 Å². The monoisotopic (exact) mass is 419 g/mol. The fourth-order valence-corrected chi connectivity index (χ4v) is 3.54. The third kappa shape index (κ3) is 4.04. The van der Waals surface area contributed by atoms with Crippen LogP contribution in [0.4, 0.5) is 0 Å². The number of benzene rings is 3. The summed E-state index contributed by atoms with van der Waals surface area (Å²) in [5.41, 5.74) is 1.06. The van der Waals surface area contributed by atoms with Gasteiger partial charge in [0, 0.05) is 5.02 Å². The Morgan fingerprint density at radius 3 is 2.27 bits per heavy atom. The highest BCUT2D eigenvalue weighted by Gasteiger charge is 2.18. The summed E-state index contributed by atoms with van der Waals surface area (Å²) >= 11 is 6.01. The molecule has 1 unspecified atom stereocenters. The quantitative estimate of drug-likeness (QED) is 0.520. The summed E-state index contributed by atoms with van der Waals surface area (Å²) in [6.07, 6.45) is 0. The third-order valence-electron chi connectivity index (χ3n) is 4.85. The maximum absolute atomic E-state index is 12.9. The predicted molar refractivity (Wildman–Crippen MR) is 117 cm³/mol. The van der Waals surface area contributed by atoms with Gasteiger partial charge in [-0.2, -0.15) is 0 Å². The van der Waals surface area contributed by atoms with Crippen molar-refractivity contribution in [1.82, 2.24) is 14.9 Å². The minimum absolute atomic E-state index is 0.229. The van der Waals surface area contributed by atoms with Crippen molar-refractivity contribution in [3.05, 3.63) is 116 Å². The smallest absolute Gasteiger partial charge is 0.329 e. The highest BCUT2D eigenvalue weighted by atomic mass is 35.5. The minimum atomic E-state index is -0.628. The summed E-state index contributed by atoms with van der Waals surface area (Å²) in [6, 6.07) is 23.0. The molecule has 1 atom stereocenters. The van der Waals surface area contributed by atoms with Gasteiger partial charge in [-0.25, -0.2) is 4.79 Å². The van der Waals surface area contributed by atoms with Gasteiger partial charge in [0.15, 0.2) is 0 Å². The number of fused-ring (bicyclic) bond motifs is 1. The molecule has 7 heteroatoms. The molecule has 0 spiro atoms. The van der Waals surface area contributed by atoms with E-state index in [-0.39, 0.29) is 12.5 Å². The maximum atomic E-state index is 12.9. The number of H-pyrrole nitrogens is 1. The van der Waals surface area contributed by atoms with Gasteiger partial charge in [0.1, 0.15) is 6.54 Å². The molecule has 0 bridgehead atoms. The van der Waals surface area contributed by atoms with Crippen molar-refractivity contribution in [3.63, 3.8) is 0 Å². The number of nitrogens with zero attached hydrogens (tertiary/aromatic N) is 1. The fraction of sp³-hybridized carbons (Fsp3) is 0.0870. The first kappa shape index (κ1) is 19.7. The van der Waals surface area contributed by atoms with E-state index in [4.69, 9.17) is 11.6 Å². The molecule has 0 aliphatic heterocycles. The number of carbonyl (C=O) groups excluding carboxylic acids is 1. The van der Waals surface area contributed by atoms with Crippen LogP contribution < -0.4 is 16.6 Å². The van der Waals surface area contributed by atoms with Gasteiger partial charge in [-0.1, -0.05) is 66.2 Å². The van der Waals surface area contributed by atoms with Crippen molar-refractivity contribution in [1.29, 1.82) is 0 Å². The van der Waals surface area contributed by atoms with Gasteiger partial charge in [0.2, 0.25) is 5.91 Å². The molecule has 1 heterocycles. The Hall–Kier alpha value is -3.64. The van der Waals surface area contributed by atoms with Crippen LogP contribution in [-0.4, -0.2) is 15.5 Å². The van der Waals surface area contributed by atoms with E-state index in [1.807, 2.05) is 42.5 Å². The van der Waals surface area contributed by atoms with Crippen LogP contribution in [0.25, 0.3) is 10.9 Å². The molecule has 150 valence electrons. The number of halogens is 1. The van der Waals surface area contributed by atoms with Crippen LogP contribution in [0, 0.1) is 0 Å². The zero-order valence-corrected chi connectivity index (χ0v) is 16.6. The standard InChI is InChI=1S/C23H18ClN3O3/c24-17-12-10-16(11-13-17)21(15-6-2-1-3-7-15)25-20(28)14-27-19-9-5-4-8-18(19)22(29)26-23(27)30/h1-13,21H,14H2,(H,25,28)(H,26,29,30). The van der Waals surface area contributed by atoms with Crippen molar-refractivity contribution >= 4 is 28.4 Å². The Balaban J connectivity index is 1.68. The molecule has 0 fully saturated rings. The second-order valence-electron chi connectivity index (χ2n) is 6.83. The summed E-state index contributed by atoms with van der Waals surface area (Å²) in [5.74, 6) is -0.363. The van der Waals surface area contributed by atoms with Crippen molar-refractivity contribution in [2.75, 3.05) is 0 Å². The number of hydrogen-bond acceptors (Lipinski definition) is 3. The average molecular weight is 420 g/mol. The van der Waals surface area contributed by atoms with E-state index in [1.54, 1.807) is 36.4 Å². The van der Waals surface area contributed by atoms with Gasteiger partial charge in [0.05, 0.1) is 16.9 Å². The first-order valence-electron chi connectivity index (χ1n) is 9.34. The number of nitrogens with one attached hydrogen (secondary N) is 2. The molecule has 2 N–H and O–H groups in total. The molecular formula is C23H18ClN3O3. The largest absolute Gasteiger partial charge is 0.344 e. The second-order valence-corrected chi connectivity index (χ2v) is 7.26. The molecule has 0 aliphatic carbocycles. The summed E-state index contributed by atoms with van der Waals surface area (Å²) in [6.45, 7) is -0.229. The molecule has 6 nitrogen and oxygen atoms in total. The van der Waals surface area contributed by atoms with Crippen LogP contribution in [0.2, 0.25) is 5.02 Å². The maximum Gasteiger partial charge on any atom is 0.329 e. The number of rotatable bonds is 5. The van der Waals surface area contributed by atoms with Gasteiger partial charge in [-0.3, -0.25) is 19.1 Å². The van der Waals surface area contributed by atoms with Crippen LogP contribution >= 0.6 is 11.6 Å². The lowest BCUT2D eigenvalue weighted by atomic mass is 9.98. The zero-order valence-electron chi connectivity index (χ0n) is 15.8. The van der Waals surface area contributed by atoms with Crippen LogP contribution in [0.1, 0.15) is 17.2 Å². The van der Waals surface area contributed by atoms with Crippen molar-refractivity contribution in [2.45, 2.75) is 12.6 Å². The molecular weight excluding hydrogens is 402 g/mol. The first-order valence-corrected chi connectivity index (χ1v) is 9.72. The minimum Gasteiger partial charge on any atom is -0.344 e. The highest BCUT2D eigenvalue weighted by Crippen LogP contribution is 2.23. The van der Waals surface area contributed by atoms with Crippen LogP contribution in [0.15, 0.2) is 88.5 Å². The summed E-state index contributed by atoms with van der Waals surface area (Å²) in [4.78, 5) is 39.6. The molecule has 0 radical (unpaired) electrons. The molecule has 30 heavy (non-hydrogen) atoms. The second kappa shape index (κ2) is 8.39. The first-order chi connectivity index (χ1) is 14.5. The number of hydrogen-bond donors (Lipinski definition) is 2. The van der Waals surface area contributed by atoms with E-state index in [2.05, 4.69) is 10.3 Å². The van der Waals surface area contributed by atoms with E-state index >= 15 is 0 Å². The lowest BCUT2D eigenvalue weighted by molar-refractivity contribution is -0.122. The highest BCUT2D eigenvalue weighted by molar-refractivity contribution is 6.30. The molecule has 1 aromatic heterocycles. The number of aromatic amines is 1. The van der Waals surface area contributed by atoms with E-state index in [0.717, 1.165) is 11.1 Å². The molecule has 4 rings (SSSR count). The van der Waals surface area contributed by atoms with Crippen LogP contribution in [0.5, 0.6) is 0 Å². The summed E-state index contributed by atoms with van der Waals surface area (Å²) in [5, 5.41) is 3.94. The molecule has 0 aliphatic rings. The topological polar surface area (TPSA) is 84.0 Å². The van der Waals surface area contributed by atoms with Crippen molar-refractivity contribution in [3.8, 4) is 0 Å². The number of aromatic nitrogens is 2. The van der Waals surface area contributed by atoms with E-state index in [9.17, 15) is 14.4 Å². The van der Waals surface area contributed by atoms with Gasteiger partial charge < -0.3 is 5.32 Å². The van der Waals surface area contributed by atoms with E-state index < -0.39 is 17.3 Å². The fourth-order valence-electron chi connectivity index (χ4n) is 3.41. The van der Waals surface area contributed by atoms with Gasteiger partial charge in [-0.05, 0) is 35.4 Å². The van der Waals surface area contributed by atoms with Gasteiger partial charge >= 0.3 is 5.69 Å². The molecule has 4 aromatic rings. The molecule has 0 saturated carbocycles. The van der Waals surface area contributed by atoms with Crippen molar-refractivity contribution < 1.29 is 4.79 Å². The number of carbonyl (C=O) groups is 1. The Labute approximate surface area is 176 Å². The molecule has 1 amide bonds. The number of para-hydroxylation sites is 1. The normalized spacial score (nSPS) is 11.9. The Morgan fingerprint density at radius 1 is 0.900 bits per heavy atom. The van der Waals surface area contributed by atoms with Crippen molar-refractivity contribution in [2.24, 2.45) is 0 Å². The SMILES string of the molecule is O=C(Cn1c(=O)[nH]c(=O)c2ccccc21)NC(c1ccccc1)c1ccc(Cl)cc1. The Kier molecular flexibility index (Phi) is 5.50. The third-order valence-corrected chi connectivity index (χ3v) is 5.10. The summed E-state index contributed by atoms with van der Waals surface area (Å²) in [7, 11) is 0. The van der Waals surface area contributed by atoms with E-state index in [1.165, 1.54) is 4.57 Å². The Morgan fingerprint density at radius 2 is 1.53 bits per heavy atom. The lowest BCUT2D eigenvalue weighted by Gasteiger charge is -2.20. The van der Waals surface area contributed by atoms with Gasteiger partial charge in [0.25, 0.3) is 5.56 Å². The van der Waals surface area contributed by atoms with Crippen LogP contribution in [0.3, 0.4) is 0 Å². The number of amides is 1.